The van der Waals surface area contributed by atoms with Gasteiger partial charge in [-0.3, -0.25) is 0 Å². The van der Waals surface area contributed by atoms with Crippen LogP contribution in [0.1, 0.15) is 11.5 Å². The molecule has 0 radical (unpaired) electrons. The summed E-state index contributed by atoms with van der Waals surface area (Å²) in [4.78, 5) is 11.5. The second-order valence-corrected chi connectivity index (χ2v) is 4.57. The van der Waals surface area contributed by atoms with Crippen molar-refractivity contribution in [1.82, 2.24) is 10.2 Å². The molecule has 20 heavy (non-hydrogen) atoms. The van der Waals surface area contributed by atoms with Crippen molar-refractivity contribution in [2.24, 2.45) is 0 Å². The highest BCUT2D eigenvalue weighted by Gasteiger charge is 2.06. The topological polar surface area (TPSA) is 81.3 Å². The third-order valence-electron chi connectivity index (χ3n) is 2.77. The van der Waals surface area contributed by atoms with Gasteiger partial charge in [0, 0.05) is 17.5 Å². The first-order chi connectivity index (χ1) is 9.61. The molecule has 1 N–H and O–H groups in total. The smallest absolute Gasteiger partial charge is 0.336 e. The molecule has 7 heteroatoms. The molecule has 0 spiro atoms. The largest absolute Gasteiger partial charge is 0.484 e. The Hall–Kier alpha value is -2.41. The molecule has 2 heterocycles. The van der Waals surface area contributed by atoms with E-state index in [-0.39, 0.29) is 17.1 Å². The molecule has 3 rings (SSSR count). The number of hydrogen-bond donors (Lipinski definition) is 1. The quantitative estimate of drug-likeness (QED) is 0.590. The van der Waals surface area contributed by atoms with Gasteiger partial charge in [0.2, 0.25) is 0 Å². The number of aromatic amines is 1. The first kappa shape index (κ1) is 12.6. The van der Waals surface area contributed by atoms with Crippen LogP contribution in [0, 0.1) is 11.8 Å². The Labute approximate surface area is 118 Å². The van der Waals surface area contributed by atoms with Gasteiger partial charge < -0.3 is 13.6 Å². The predicted molar refractivity (Wildman–Crippen MR) is 73.2 cm³/mol. The summed E-state index contributed by atoms with van der Waals surface area (Å²) < 4.78 is 15.7. The van der Waals surface area contributed by atoms with E-state index in [0.717, 1.165) is 10.9 Å². The van der Waals surface area contributed by atoms with Gasteiger partial charge in [0.05, 0.1) is 0 Å². The number of benzene rings is 1. The molecule has 3 aromatic rings. The summed E-state index contributed by atoms with van der Waals surface area (Å²) in [5.74, 6) is 0.899. The lowest BCUT2D eigenvalue weighted by molar-refractivity contribution is 0.261. The number of aromatic nitrogens is 2. The van der Waals surface area contributed by atoms with Crippen molar-refractivity contribution in [3.05, 3.63) is 51.0 Å². The van der Waals surface area contributed by atoms with Crippen LogP contribution in [0.5, 0.6) is 5.75 Å². The van der Waals surface area contributed by atoms with E-state index in [2.05, 4.69) is 10.2 Å². The minimum absolute atomic E-state index is 0.134. The van der Waals surface area contributed by atoms with Crippen LogP contribution in [0.3, 0.4) is 0 Å². The lowest BCUT2D eigenvalue weighted by atomic mass is 10.1. The molecular formula is C13H10N2O4S. The van der Waals surface area contributed by atoms with Crippen molar-refractivity contribution in [1.29, 1.82) is 0 Å². The molecule has 0 saturated carbocycles. The summed E-state index contributed by atoms with van der Waals surface area (Å²) >= 11 is 4.77. The first-order valence-corrected chi connectivity index (χ1v) is 6.24. The summed E-state index contributed by atoms with van der Waals surface area (Å²) in [6, 6.07) is 6.74. The predicted octanol–water partition coefficient (Wildman–Crippen LogP) is 2.73. The number of nitrogens with zero attached hydrogens (tertiary/aromatic N) is 1. The average molecular weight is 290 g/mol. The number of fused-ring (bicyclic) bond motifs is 1. The Bertz CT molecular complexity index is 878. The van der Waals surface area contributed by atoms with Crippen molar-refractivity contribution >= 4 is 23.2 Å². The van der Waals surface area contributed by atoms with E-state index >= 15 is 0 Å². The fourth-order valence-corrected chi connectivity index (χ4v) is 2.00. The Morgan fingerprint density at radius 3 is 2.95 bits per heavy atom. The van der Waals surface area contributed by atoms with Gasteiger partial charge in [0.15, 0.2) is 6.61 Å². The molecule has 0 bridgehead atoms. The molecule has 0 fully saturated rings. The standard InChI is InChI=1S/C13H10N2O4S/c1-7-4-12(16)18-10-5-8(2-3-9(7)10)17-6-11-14-15-13(20)19-11/h2-5H,6H2,1H3,(H,15,20). The summed E-state index contributed by atoms with van der Waals surface area (Å²) in [6.07, 6.45) is 0. The van der Waals surface area contributed by atoms with Crippen LogP contribution in [0.4, 0.5) is 0 Å². The third-order valence-corrected chi connectivity index (χ3v) is 2.94. The molecule has 0 atom stereocenters. The van der Waals surface area contributed by atoms with Crippen molar-refractivity contribution in [2.45, 2.75) is 13.5 Å². The third kappa shape index (κ3) is 2.48. The lowest BCUT2D eigenvalue weighted by Gasteiger charge is -2.05. The molecule has 0 aliphatic rings. The summed E-state index contributed by atoms with van der Waals surface area (Å²) in [5.41, 5.74) is 0.960. The number of ether oxygens (including phenoxy) is 1. The van der Waals surface area contributed by atoms with Gasteiger partial charge in [-0.25, -0.2) is 9.89 Å². The van der Waals surface area contributed by atoms with Gasteiger partial charge in [-0.15, -0.1) is 5.10 Å². The van der Waals surface area contributed by atoms with Gasteiger partial charge in [-0.05, 0) is 36.8 Å². The van der Waals surface area contributed by atoms with Gasteiger partial charge in [0.25, 0.3) is 10.7 Å². The van der Waals surface area contributed by atoms with Gasteiger partial charge >= 0.3 is 5.63 Å². The van der Waals surface area contributed by atoms with E-state index in [1.54, 1.807) is 12.1 Å². The highest BCUT2D eigenvalue weighted by molar-refractivity contribution is 7.71. The monoisotopic (exact) mass is 290 g/mol. The molecule has 0 unspecified atom stereocenters. The number of hydrogen-bond acceptors (Lipinski definition) is 6. The average Bonchev–Trinajstić information content (AvgIpc) is 2.81. The first-order valence-electron chi connectivity index (χ1n) is 5.83. The van der Waals surface area contributed by atoms with E-state index in [1.165, 1.54) is 6.07 Å². The Morgan fingerprint density at radius 1 is 1.35 bits per heavy atom. The Balaban J connectivity index is 1.89. The molecular weight excluding hydrogens is 280 g/mol. The maximum Gasteiger partial charge on any atom is 0.336 e. The zero-order valence-corrected chi connectivity index (χ0v) is 11.3. The van der Waals surface area contributed by atoms with E-state index in [9.17, 15) is 4.79 Å². The highest BCUT2D eigenvalue weighted by Crippen LogP contribution is 2.22. The normalized spacial score (nSPS) is 10.8. The summed E-state index contributed by atoms with van der Waals surface area (Å²) in [7, 11) is 0. The number of rotatable bonds is 3. The second-order valence-electron chi connectivity index (χ2n) is 4.20. The molecule has 0 aliphatic carbocycles. The van der Waals surface area contributed by atoms with E-state index < -0.39 is 0 Å². The van der Waals surface area contributed by atoms with Crippen molar-refractivity contribution in [2.75, 3.05) is 0 Å². The van der Waals surface area contributed by atoms with Gasteiger partial charge in [-0.2, -0.15) is 0 Å². The van der Waals surface area contributed by atoms with Crippen LogP contribution in [-0.4, -0.2) is 10.2 Å². The Morgan fingerprint density at radius 2 is 2.20 bits per heavy atom. The molecule has 102 valence electrons. The van der Waals surface area contributed by atoms with Crippen LogP contribution in [0.25, 0.3) is 11.0 Å². The van der Waals surface area contributed by atoms with Crippen LogP contribution in [-0.2, 0) is 6.61 Å². The summed E-state index contributed by atoms with van der Waals surface area (Å²) in [5, 5.41) is 7.20. The van der Waals surface area contributed by atoms with Crippen molar-refractivity contribution in [3.8, 4) is 5.75 Å². The van der Waals surface area contributed by atoms with Crippen LogP contribution in [0.2, 0.25) is 0 Å². The fourth-order valence-electron chi connectivity index (χ4n) is 1.86. The van der Waals surface area contributed by atoms with Gasteiger partial charge in [0.1, 0.15) is 11.3 Å². The molecule has 0 saturated heterocycles. The fraction of sp³-hybridized carbons (Fsp3) is 0.154. The van der Waals surface area contributed by atoms with E-state index in [4.69, 9.17) is 25.8 Å². The number of nitrogens with one attached hydrogen (secondary N) is 1. The molecule has 1 aromatic carbocycles. The maximum absolute atomic E-state index is 11.3. The van der Waals surface area contributed by atoms with Crippen LogP contribution >= 0.6 is 12.2 Å². The molecule has 6 nitrogen and oxygen atoms in total. The van der Waals surface area contributed by atoms with Crippen molar-refractivity contribution < 1.29 is 13.6 Å². The van der Waals surface area contributed by atoms with E-state index in [0.29, 0.717) is 17.2 Å². The minimum atomic E-state index is -0.384. The zero-order valence-electron chi connectivity index (χ0n) is 10.5. The lowest BCUT2D eigenvalue weighted by Crippen LogP contribution is -1.99. The Kier molecular flexibility index (Phi) is 3.11. The van der Waals surface area contributed by atoms with Crippen molar-refractivity contribution in [3.63, 3.8) is 0 Å². The molecule has 0 amide bonds. The molecule has 2 aromatic heterocycles. The minimum Gasteiger partial charge on any atom is -0.484 e. The van der Waals surface area contributed by atoms with E-state index in [1.807, 2.05) is 13.0 Å². The number of aryl methyl sites for hydroxylation is 1. The zero-order chi connectivity index (χ0) is 14.1. The summed E-state index contributed by atoms with van der Waals surface area (Å²) in [6.45, 7) is 1.99. The van der Waals surface area contributed by atoms with Gasteiger partial charge in [-0.1, -0.05) is 0 Å². The van der Waals surface area contributed by atoms with Crippen LogP contribution < -0.4 is 10.4 Å². The highest BCUT2D eigenvalue weighted by atomic mass is 32.1. The SMILES string of the molecule is Cc1cc(=O)oc2cc(OCc3n[nH]c(=S)o3)ccc12. The second kappa shape index (κ2) is 4.93. The number of H-pyrrole nitrogens is 1. The maximum atomic E-state index is 11.3. The molecule has 0 aliphatic heterocycles. The van der Waals surface area contributed by atoms with Crippen LogP contribution in [0.15, 0.2) is 37.9 Å².